The van der Waals surface area contributed by atoms with Crippen LogP contribution in [0.15, 0.2) is 6.07 Å². The van der Waals surface area contributed by atoms with E-state index in [-0.39, 0.29) is 19.1 Å². The Morgan fingerprint density at radius 3 is 2.38 bits per heavy atom. The largest absolute Gasteiger partial charge is 0.489 e. The van der Waals surface area contributed by atoms with Gasteiger partial charge >= 0.3 is 5.97 Å². The number of nitrogens with zero attached hydrogens (tertiary/aromatic N) is 1. The molecule has 0 saturated heterocycles. The average Bonchev–Trinajstić information content (AvgIpc) is 2.49. The predicted molar refractivity (Wildman–Crippen MR) is 117 cm³/mol. The third-order valence-corrected chi connectivity index (χ3v) is 5.74. The highest BCUT2D eigenvalue weighted by molar-refractivity contribution is 14.1. The van der Waals surface area contributed by atoms with Crippen LogP contribution in [0, 0.1) is 10.7 Å². The van der Waals surface area contributed by atoms with Gasteiger partial charge in [0.25, 0.3) is 0 Å². The summed E-state index contributed by atoms with van der Waals surface area (Å²) in [5.41, 5.74) is 0.835. The molecule has 0 aliphatic rings. The van der Waals surface area contributed by atoms with E-state index in [0.29, 0.717) is 12.3 Å². The third-order valence-electron chi connectivity index (χ3n) is 3.12. The minimum atomic E-state index is -1.00. The van der Waals surface area contributed by atoms with Gasteiger partial charge in [-0.25, -0.2) is 4.79 Å². The molecule has 0 spiro atoms. The van der Waals surface area contributed by atoms with Crippen LogP contribution in [-0.4, -0.2) is 42.8 Å². The van der Waals surface area contributed by atoms with Gasteiger partial charge in [0, 0.05) is 17.0 Å². The van der Waals surface area contributed by atoms with Gasteiger partial charge in [-0.3, -0.25) is 4.79 Å². The molecule has 0 aliphatic heterocycles. The molecule has 0 aliphatic carbocycles. The van der Waals surface area contributed by atoms with Gasteiger partial charge in [-0.2, -0.15) is 0 Å². The van der Waals surface area contributed by atoms with Gasteiger partial charge in [0.15, 0.2) is 6.10 Å². The Morgan fingerprint density at radius 1 is 1.25 bits per heavy atom. The molecule has 134 valence electrons. The zero-order chi connectivity index (χ0) is 18.4. The number of hydrogen-bond donors (Lipinski definition) is 1. The van der Waals surface area contributed by atoms with Crippen molar-refractivity contribution in [2.24, 2.45) is 0 Å². The Bertz CT molecular complexity index is 624. The minimum absolute atomic E-state index is 0.0286. The summed E-state index contributed by atoms with van der Waals surface area (Å²) < 4.78 is 13.7. The maximum Gasteiger partial charge on any atom is 0.332 e. The second-order valence-electron chi connectivity index (χ2n) is 4.79. The van der Waals surface area contributed by atoms with Crippen LogP contribution in [0.3, 0.4) is 0 Å². The number of carboxylic acid groups (broad SMARTS) is 1. The smallest absolute Gasteiger partial charge is 0.332 e. The van der Waals surface area contributed by atoms with E-state index in [4.69, 9.17) is 14.6 Å². The lowest BCUT2D eigenvalue weighted by molar-refractivity contribution is -0.149. The van der Waals surface area contributed by atoms with E-state index in [1.807, 2.05) is 13.0 Å². The van der Waals surface area contributed by atoms with E-state index in [1.54, 1.807) is 4.90 Å². The van der Waals surface area contributed by atoms with Crippen LogP contribution in [0.4, 0.5) is 5.69 Å². The fourth-order valence-electron chi connectivity index (χ4n) is 1.92. The number of carboxylic acids is 1. The summed E-state index contributed by atoms with van der Waals surface area (Å²) in [7, 11) is 0. The van der Waals surface area contributed by atoms with Crippen LogP contribution >= 0.6 is 67.8 Å². The molecule has 0 fully saturated rings. The first-order chi connectivity index (χ1) is 11.2. The molecular weight excluding hydrogens is 655 g/mol. The van der Waals surface area contributed by atoms with E-state index in [2.05, 4.69) is 67.8 Å². The summed E-state index contributed by atoms with van der Waals surface area (Å²) in [6, 6.07) is 1.96. The Morgan fingerprint density at radius 2 is 1.88 bits per heavy atom. The van der Waals surface area contributed by atoms with Crippen LogP contribution in [0.5, 0.6) is 5.75 Å². The van der Waals surface area contributed by atoms with Crippen molar-refractivity contribution in [2.75, 3.05) is 24.7 Å². The number of anilines is 1. The van der Waals surface area contributed by atoms with Crippen LogP contribution in [-0.2, 0) is 14.3 Å². The number of halogens is 3. The lowest BCUT2D eigenvalue weighted by Crippen LogP contribution is -2.30. The van der Waals surface area contributed by atoms with Gasteiger partial charge in [0.05, 0.1) is 19.4 Å². The molecule has 9 heteroatoms. The molecule has 0 unspecified atom stereocenters. The zero-order valence-corrected chi connectivity index (χ0v) is 19.9. The van der Waals surface area contributed by atoms with Crippen molar-refractivity contribution in [2.45, 2.75) is 26.9 Å². The van der Waals surface area contributed by atoms with E-state index in [0.717, 1.165) is 16.4 Å². The summed E-state index contributed by atoms with van der Waals surface area (Å²) in [5, 5.41) is 8.79. The number of hydrogen-bond acceptors (Lipinski definition) is 4. The average molecular weight is 673 g/mol. The normalized spacial score (nSPS) is 11.9. The molecule has 1 atom stereocenters. The highest BCUT2D eigenvalue weighted by atomic mass is 127. The summed E-state index contributed by atoms with van der Waals surface area (Å²) in [6.45, 7) is 5.91. The summed E-state index contributed by atoms with van der Waals surface area (Å²) in [4.78, 5) is 24.3. The second kappa shape index (κ2) is 10.3. The van der Waals surface area contributed by atoms with Crippen molar-refractivity contribution in [3.63, 3.8) is 0 Å². The molecule has 1 amide bonds. The highest BCUT2D eigenvalue weighted by Gasteiger charge is 2.22. The van der Waals surface area contributed by atoms with Crippen molar-refractivity contribution in [3.05, 3.63) is 16.8 Å². The monoisotopic (exact) mass is 673 g/mol. The van der Waals surface area contributed by atoms with Crippen LogP contribution in [0.2, 0.25) is 0 Å². The molecule has 0 radical (unpaired) electrons. The third kappa shape index (κ3) is 5.83. The number of carbonyl (C=O) groups is 2. The molecule has 0 aromatic heterocycles. The zero-order valence-electron chi connectivity index (χ0n) is 13.4. The van der Waals surface area contributed by atoms with Crippen molar-refractivity contribution in [3.8, 4) is 5.75 Å². The van der Waals surface area contributed by atoms with Gasteiger partial charge in [-0.05, 0) is 87.7 Å². The van der Waals surface area contributed by atoms with Gasteiger partial charge in [-0.15, -0.1) is 0 Å². The lowest BCUT2D eigenvalue weighted by Gasteiger charge is -2.24. The summed E-state index contributed by atoms with van der Waals surface area (Å²) >= 11 is 6.57. The number of rotatable bonds is 8. The van der Waals surface area contributed by atoms with Gasteiger partial charge in [0.2, 0.25) is 5.91 Å². The highest BCUT2D eigenvalue weighted by Crippen LogP contribution is 2.39. The van der Waals surface area contributed by atoms with E-state index in [1.165, 1.54) is 13.8 Å². The summed E-state index contributed by atoms with van der Waals surface area (Å²) in [6.07, 6.45) is -0.868. The number of amides is 1. The van der Waals surface area contributed by atoms with E-state index in [9.17, 15) is 9.59 Å². The number of carbonyl (C=O) groups excluding carboxylic acids is 1. The molecule has 0 heterocycles. The molecule has 6 nitrogen and oxygen atoms in total. The van der Waals surface area contributed by atoms with E-state index < -0.39 is 12.1 Å². The fraction of sp³-hybridized carbons (Fsp3) is 0.467. The maximum atomic E-state index is 11.9. The van der Waals surface area contributed by atoms with Crippen LogP contribution < -0.4 is 9.64 Å². The van der Waals surface area contributed by atoms with Crippen molar-refractivity contribution in [1.29, 1.82) is 0 Å². The van der Waals surface area contributed by atoms with Crippen LogP contribution in [0.1, 0.15) is 20.8 Å². The Balaban J connectivity index is 2.95. The lowest BCUT2D eigenvalue weighted by atomic mass is 10.2. The molecule has 1 aromatic carbocycles. The second-order valence-corrected chi connectivity index (χ2v) is 8.20. The predicted octanol–water partition coefficient (Wildman–Crippen LogP) is 3.74. The summed E-state index contributed by atoms with van der Waals surface area (Å²) in [5.74, 6) is -0.354. The van der Waals surface area contributed by atoms with Crippen molar-refractivity contribution >= 4 is 85.3 Å². The fourth-order valence-corrected chi connectivity index (χ4v) is 6.19. The van der Waals surface area contributed by atoms with Crippen molar-refractivity contribution in [1.82, 2.24) is 0 Å². The van der Waals surface area contributed by atoms with Gasteiger partial charge in [0.1, 0.15) is 12.4 Å². The Kier molecular flexibility index (Phi) is 9.51. The van der Waals surface area contributed by atoms with Gasteiger partial charge < -0.3 is 19.5 Å². The Hall–Kier alpha value is 0.110. The molecule has 0 bridgehead atoms. The van der Waals surface area contributed by atoms with Crippen molar-refractivity contribution < 1.29 is 24.2 Å². The standard InChI is InChI=1S/C15H18I3NO5/c1-4-19(9(3)20)13-10(16)7-11(17)14(12(13)18)24-6-5-23-8(2)15(21)22/h7-8H,4-6H2,1-3H3,(H,21,22)/t8-/m1/s1. The Labute approximate surface area is 182 Å². The molecule has 1 N–H and O–H groups in total. The molecule has 1 rings (SSSR count). The first kappa shape index (κ1) is 22.2. The van der Waals surface area contributed by atoms with Gasteiger partial charge in [-0.1, -0.05) is 0 Å². The number of benzene rings is 1. The topological polar surface area (TPSA) is 76.1 Å². The number of ether oxygens (including phenoxy) is 2. The minimum Gasteiger partial charge on any atom is -0.489 e. The number of aliphatic carboxylic acids is 1. The molecular formula is C15H18I3NO5. The van der Waals surface area contributed by atoms with Crippen LogP contribution in [0.25, 0.3) is 0 Å². The maximum absolute atomic E-state index is 11.9. The molecule has 0 saturated carbocycles. The molecule has 24 heavy (non-hydrogen) atoms. The molecule has 1 aromatic rings. The SMILES string of the molecule is CCN(C(C)=O)c1c(I)cc(I)c(OCCO[C@H](C)C(=O)O)c1I. The quantitative estimate of drug-likeness (QED) is 0.337. The first-order valence-corrected chi connectivity index (χ1v) is 10.4. The first-order valence-electron chi connectivity index (χ1n) is 7.13. The van der Waals surface area contributed by atoms with E-state index >= 15 is 0 Å².